The van der Waals surface area contributed by atoms with E-state index in [1.165, 1.54) is 13.0 Å². The van der Waals surface area contributed by atoms with Crippen LogP contribution >= 0.6 is 0 Å². The molecule has 0 unspecified atom stereocenters. The van der Waals surface area contributed by atoms with Crippen molar-refractivity contribution in [2.24, 2.45) is 11.8 Å². The van der Waals surface area contributed by atoms with E-state index in [1.54, 1.807) is 0 Å². The standard InChI is InChI=1S/C8H17N/c1-6(2)8-7(3)4-5-9-8/h6-9H,4-5H2,1-3H3/t7-,8+/m0/s1. The predicted octanol–water partition coefficient (Wildman–Crippen LogP) is 1.64. The van der Waals surface area contributed by atoms with Gasteiger partial charge in [-0.1, -0.05) is 20.8 Å². The molecule has 1 fully saturated rings. The molecule has 0 bridgehead atoms. The van der Waals surface area contributed by atoms with Gasteiger partial charge in [-0.05, 0) is 24.8 Å². The van der Waals surface area contributed by atoms with Crippen LogP contribution in [0.25, 0.3) is 0 Å². The molecule has 1 heteroatoms. The van der Waals surface area contributed by atoms with Gasteiger partial charge in [0, 0.05) is 6.04 Å². The third kappa shape index (κ3) is 1.45. The van der Waals surface area contributed by atoms with Gasteiger partial charge >= 0.3 is 0 Å². The van der Waals surface area contributed by atoms with E-state index in [0.29, 0.717) is 0 Å². The van der Waals surface area contributed by atoms with Gasteiger partial charge in [-0.2, -0.15) is 0 Å². The summed E-state index contributed by atoms with van der Waals surface area (Å²) in [6, 6.07) is 0.782. The second kappa shape index (κ2) is 2.70. The summed E-state index contributed by atoms with van der Waals surface area (Å²) in [5.74, 6) is 1.70. The van der Waals surface area contributed by atoms with Crippen molar-refractivity contribution >= 4 is 0 Å². The summed E-state index contributed by atoms with van der Waals surface area (Å²) in [4.78, 5) is 0. The van der Waals surface area contributed by atoms with Crippen molar-refractivity contribution in [2.75, 3.05) is 6.54 Å². The topological polar surface area (TPSA) is 12.0 Å². The summed E-state index contributed by atoms with van der Waals surface area (Å²) in [6.07, 6.45) is 1.36. The van der Waals surface area contributed by atoms with Crippen molar-refractivity contribution in [2.45, 2.75) is 33.2 Å². The van der Waals surface area contributed by atoms with Gasteiger partial charge in [-0.3, -0.25) is 0 Å². The van der Waals surface area contributed by atoms with E-state index in [2.05, 4.69) is 26.1 Å². The molecule has 0 amide bonds. The Balaban J connectivity index is 2.40. The number of hydrogen-bond acceptors (Lipinski definition) is 1. The minimum absolute atomic E-state index is 0.782. The van der Waals surface area contributed by atoms with Crippen LogP contribution in [-0.4, -0.2) is 12.6 Å². The third-order valence-electron chi connectivity index (χ3n) is 2.31. The highest BCUT2D eigenvalue weighted by Crippen LogP contribution is 2.20. The van der Waals surface area contributed by atoms with E-state index in [4.69, 9.17) is 0 Å². The van der Waals surface area contributed by atoms with Gasteiger partial charge < -0.3 is 5.32 Å². The lowest BCUT2D eigenvalue weighted by Crippen LogP contribution is -2.30. The van der Waals surface area contributed by atoms with E-state index in [1.807, 2.05) is 0 Å². The van der Waals surface area contributed by atoms with Crippen molar-refractivity contribution in [1.82, 2.24) is 5.32 Å². The largest absolute Gasteiger partial charge is 0.313 e. The Kier molecular flexibility index (Phi) is 2.12. The molecule has 0 spiro atoms. The van der Waals surface area contributed by atoms with Crippen LogP contribution in [0.4, 0.5) is 0 Å². The van der Waals surface area contributed by atoms with E-state index >= 15 is 0 Å². The summed E-state index contributed by atoms with van der Waals surface area (Å²) in [5, 5.41) is 3.51. The first kappa shape index (κ1) is 7.07. The maximum atomic E-state index is 3.51. The predicted molar refractivity (Wildman–Crippen MR) is 40.4 cm³/mol. The quantitative estimate of drug-likeness (QED) is 0.564. The first-order valence-corrected chi connectivity index (χ1v) is 3.95. The van der Waals surface area contributed by atoms with E-state index < -0.39 is 0 Å². The molecular formula is C8H17N. The Morgan fingerprint density at radius 1 is 1.44 bits per heavy atom. The molecule has 0 aromatic carbocycles. The fraction of sp³-hybridized carbons (Fsp3) is 1.00. The van der Waals surface area contributed by atoms with Crippen molar-refractivity contribution < 1.29 is 0 Å². The maximum Gasteiger partial charge on any atom is 0.0116 e. The summed E-state index contributed by atoms with van der Waals surface area (Å²) >= 11 is 0. The molecule has 1 nitrogen and oxygen atoms in total. The van der Waals surface area contributed by atoms with Crippen LogP contribution in [0.1, 0.15) is 27.2 Å². The van der Waals surface area contributed by atoms with Gasteiger partial charge in [0.1, 0.15) is 0 Å². The number of rotatable bonds is 1. The van der Waals surface area contributed by atoms with E-state index in [0.717, 1.165) is 17.9 Å². The van der Waals surface area contributed by atoms with Crippen LogP contribution in [0, 0.1) is 11.8 Å². The molecule has 1 N–H and O–H groups in total. The molecule has 0 radical (unpaired) electrons. The monoisotopic (exact) mass is 127 g/mol. The molecule has 1 aliphatic rings. The molecule has 9 heavy (non-hydrogen) atoms. The SMILES string of the molecule is CC(C)[C@H]1NCC[C@@H]1C. The minimum Gasteiger partial charge on any atom is -0.313 e. The highest BCUT2D eigenvalue weighted by atomic mass is 15.0. The van der Waals surface area contributed by atoms with Crippen molar-refractivity contribution in [3.63, 3.8) is 0 Å². The van der Waals surface area contributed by atoms with Crippen LogP contribution in [0.15, 0.2) is 0 Å². The molecule has 1 heterocycles. The summed E-state index contributed by atoms with van der Waals surface area (Å²) < 4.78 is 0. The Morgan fingerprint density at radius 2 is 2.11 bits per heavy atom. The Morgan fingerprint density at radius 3 is 2.33 bits per heavy atom. The van der Waals surface area contributed by atoms with Gasteiger partial charge in [0.05, 0.1) is 0 Å². The lowest BCUT2D eigenvalue weighted by Gasteiger charge is -2.19. The van der Waals surface area contributed by atoms with Gasteiger partial charge in [0.2, 0.25) is 0 Å². The van der Waals surface area contributed by atoms with E-state index in [9.17, 15) is 0 Å². The van der Waals surface area contributed by atoms with Crippen molar-refractivity contribution in [3.05, 3.63) is 0 Å². The maximum absolute atomic E-state index is 3.51. The highest BCUT2D eigenvalue weighted by Gasteiger charge is 2.24. The van der Waals surface area contributed by atoms with Crippen molar-refractivity contribution in [3.8, 4) is 0 Å². The smallest absolute Gasteiger partial charge is 0.0116 e. The Labute approximate surface area is 57.8 Å². The fourth-order valence-electron chi connectivity index (χ4n) is 1.75. The lowest BCUT2D eigenvalue weighted by molar-refractivity contribution is 0.375. The van der Waals surface area contributed by atoms with Crippen molar-refractivity contribution in [1.29, 1.82) is 0 Å². The first-order chi connectivity index (χ1) is 4.22. The molecule has 1 aliphatic heterocycles. The van der Waals surface area contributed by atoms with Crippen LogP contribution in [-0.2, 0) is 0 Å². The molecule has 2 atom stereocenters. The number of nitrogens with one attached hydrogen (secondary N) is 1. The molecule has 0 aliphatic carbocycles. The molecular weight excluding hydrogens is 110 g/mol. The summed E-state index contributed by atoms with van der Waals surface area (Å²) in [7, 11) is 0. The summed E-state index contributed by atoms with van der Waals surface area (Å²) in [6.45, 7) is 8.15. The average molecular weight is 127 g/mol. The highest BCUT2D eigenvalue weighted by molar-refractivity contribution is 4.82. The lowest BCUT2D eigenvalue weighted by atomic mass is 9.94. The zero-order valence-corrected chi connectivity index (χ0v) is 6.65. The summed E-state index contributed by atoms with van der Waals surface area (Å²) in [5.41, 5.74) is 0. The van der Waals surface area contributed by atoms with Gasteiger partial charge in [-0.15, -0.1) is 0 Å². The Bertz CT molecular complexity index is 88.6. The molecule has 0 aromatic rings. The van der Waals surface area contributed by atoms with Gasteiger partial charge in [-0.25, -0.2) is 0 Å². The average Bonchev–Trinajstić information content (AvgIpc) is 2.13. The molecule has 1 saturated heterocycles. The molecule has 0 saturated carbocycles. The molecule has 0 aromatic heterocycles. The minimum atomic E-state index is 0.782. The Hall–Kier alpha value is -0.0400. The molecule has 1 rings (SSSR count). The van der Waals surface area contributed by atoms with Crippen LogP contribution < -0.4 is 5.32 Å². The second-order valence-corrected chi connectivity index (χ2v) is 3.49. The van der Waals surface area contributed by atoms with E-state index in [-0.39, 0.29) is 0 Å². The van der Waals surface area contributed by atoms with Gasteiger partial charge in [0.25, 0.3) is 0 Å². The first-order valence-electron chi connectivity index (χ1n) is 3.95. The van der Waals surface area contributed by atoms with Gasteiger partial charge in [0.15, 0.2) is 0 Å². The second-order valence-electron chi connectivity index (χ2n) is 3.49. The normalized spacial score (nSPS) is 36.0. The molecule has 54 valence electrons. The zero-order chi connectivity index (χ0) is 6.85. The third-order valence-corrected chi connectivity index (χ3v) is 2.31. The number of hydrogen-bond donors (Lipinski definition) is 1. The van der Waals surface area contributed by atoms with Crippen LogP contribution in [0.5, 0.6) is 0 Å². The fourth-order valence-corrected chi connectivity index (χ4v) is 1.75. The zero-order valence-electron chi connectivity index (χ0n) is 6.65. The van der Waals surface area contributed by atoms with Crippen LogP contribution in [0.3, 0.4) is 0 Å². The van der Waals surface area contributed by atoms with Crippen LogP contribution in [0.2, 0.25) is 0 Å².